The van der Waals surface area contributed by atoms with Gasteiger partial charge in [-0.2, -0.15) is 0 Å². The molecule has 3 aromatic rings. The predicted molar refractivity (Wildman–Crippen MR) is 150 cm³/mol. The SMILES string of the molecule is O=C1CCC(N2Cc3cc(O[C@H]4CN(Cc5ccc(F)cc5)CC[C@@H]4NCc4ccccc4)ccc3C2=O)C(=O)N1. The van der Waals surface area contributed by atoms with E-state index in [4.69, 9.17) is 4.74 Å². The first-order valence-electron chi connectivity index (χ1n) is 14.1. The molecule has 0 aliphatic carbocycles. The van der Waals surface area contributed by atoms with Crippen molar-refractivity contribution in [2.45, 2.75) is 57.1 Å². The van der Waals surface area contributed by atoms with Gasteiger partial charge in [-0.1, -0.05) is 42.5 Å². The van der Waals surface area contributed by atoms with E-state index in [2.05, 4.69) is 27.7 Å². The van der Waals surface area contributed by atoms with Crippen molar-refractivity contribution >= 4 is 17.7 Å². The number of piperidine rings is 2. The molecular formula is C32H33FN4O4. The minimum absolute atomic E-state index is 0.106. The molecule has 2 fully saturated rings. The maximum absolute atomic E-state index is 13.4. The van der Waals surface area contributed by atoms with Crippen LogP contribution in [-0.4, -0.2) is 58.8 Å². The lowest BCUT2D eigenvalue weighted by molar-refractivity contribution is -0.136. The molecule has 0 saturated carbocycles. The van der Waals surface area contributed by atoms with Crippen molar-refractivity contribution < 1.29 is 23.5 Å². The molecule has 212 valence electrons. The lowest BCUT2D eigenvalue weighted by Crippen LogP contribution is -2.54. The maximum atomic E-state index is 13.4. The molecule has 3 heterocycles. The van der Waals surface area contributed by atoms with E-state index in [0.29, 0.717) is 37.4 Å². The molecule has 0 bridgehead atoms. The van der Waals surface area contributed by atoms with Gasteiger partial charge in [0.15, 0.2) is 0 Å². The van der Waals surface area contributed by atoms with Crippen LogP contribution in [0.15, 0.2) is 72.8 Å². The number of hydrogen-bond donors (Lipinski definition) is 2. The molecule has 0 radical (unpaired) electrons. The van der Waals surface area contributed by atoms with Gasteiger partial charge in [0.1, 0.15) is 23.7 Å². The smallest absolute Gasteiger partial charge is 0.255 e. The van der Waals surface area contributed by atoms with Crippen LogP contribution in [0, 0.1) is 5.82 Å². The molecule has 3 aliphatic heterocycles. The molecule has 0 spiro atoms. The zero-order valence-electron chi connectivity index (χ0n) is 22.7. The summed E-state index contributed by atoms with van der Waals surface area (Å²) in [7, 11) is 0. The van der Waals surface area contributed by atoms with Crippen LogP contribution >= 0.6 is 0 Å². The van der Waals surface area contributed by atoms with Crippen LogP contribution in [0.5, 0.6) is 5.75 Å². The number of hydrogen-bond acceptors (Lipinski definition) is 6. The summed E-state index contributed by atoms with van der Waals surface area (Å²) in [6.45, 7) is 3.29. The number of fused-ring (bicyclic) bond motifs is 1. The fraction of sp³-hybridized carbons (Fsp3) is 0.344. The molecule has 8 nitrogen and oxygen atoms in total. The number of likely N-dealkylation sites (tertiary alicyclic amines) is 1. The average Bonchev–Trinajstić information content (AvgIpc) is 3.29. The second-order valence-electron chi connectivity index (χ2n) is 11.0. The highest BCUT2D eigenvalue weighted by molar-refractivity contribution is 6.05. The molecule has 9 heteroatoms. The largest absolute Gasteiger partial charge is 0.487 e. The molecule has 3 atom stereocenters. The van der Waals surface area contributed by atoms with E-state index in [0.717, 1.165) is 30.6 Å². The second-order valence-corrected chi connectivity index (χ2v) is 11.0. The van der Waals surface area contributed by atoms with Crippen LogP contribution in [0.1, 0.15) is 46.3 Å². The third-order valence-electron chi connectivity index (χ3n) is 8.16. The number of imide groups is 1. The van der Waals surface area contributed by atoms with Crippen LogP contribution in [-0.2, 0) is 29.2 Å². The number of amides is 3. The van der Waals surface area contributed by atoms with E-state index < -0.39 is 11.9 Å². The van der Waals surface area contributed by atoms with Gasteiger partial charge in [-0.3, -0.25) is 24.6 Å². The van der Waals surface area contributed by atoms with Gasteiger partial charge in [0.2, 0.25) is 11.8 Å². The van der Waals surface area contributed by atoms with Gasteiger partial charge in [-0.15, -0.1) is 0 Å². The first-order valence-corrected chi connectivity index (χ1v) is 14.1. The molecule has 1 unspecified atom stereocenters. The summed E-state index contributed by atoms with van der Waals surface area (Å²) in [5.74, 6) is -0.504. The Morgan fingerprint density at radius 1 is 0.951 bits per heavy atom. The van der Waals surface area contributed by atoms with Crippen LogP contribution in [0.4, 0.5) is 4.39 Å². The van der Waals surface area contributed by atoms with Crippen molar-refractivity contribution in [3.05, 3.63) is 101 Å². The van der Waals surface area contributed by atoms with Gasteiger partial charge in [0, 0.05) is 50.7 Å². The van der Waals surface area contributed by atoms with Crippen LogP contribution < -0.4 is 15.4 Å². The summed E-state index contributed by atoms with van der Waals surface area (Å²) in [4.78, 5) is 41.0. The van der Waals surface area contributed by atoms with Crippen molar-refractivity contribution in [2.75, 3.05) is 13.1 Å². The number of nitrogens with one attached hydrogen (secondary N) is 2. The van der Waals surface area contributed by atoms with Crippen LogP contribution in [0.3, 0.4) is 0 Å². The number of nitrogens with zero attached hydrogens (tertiary/aromatic N) is 2. The Bertz CT molecular complexity index is 1430. The molecule has 3 aromatic carbocycles. The zero-order chi connectivity index (χ0) is 28.3. The van der Waals surface area contributed by atoms with Crippen molar-refractivity contribution in [3.8, 4) is 5.75 Å². The summed E-state index contributed by atoms with van der Waals surface area (Å²) in [6, 6.07) is 21.8. The van der Waals surface area contributed by atoms with Crippen LogP contribution in [0.25, 0.3) is 0 Å². The normalized spacial score (nSPS) is 22.9. The van der Waals surface area contributed by atoms with Gasteiger partial charge in [0.25, 0.3) is 5.91 Å². The Balaban J connectivity index is 1.17. The molecule has 0 aromatic heterocycles. The Morgan fingerprint density at radius 2 is 1.76 bits per heavy atom. The average molecular weight is 557 g/mol. The number of rotatable bonds is 8. The molecule has 2 N–H and O–H groups in total. The van der Waals surface area contributed by atoms with E-state index >= 15 is 0 Å². The van der Waals surface area contributed by atoms with E-state index in [1.165, 1.54) is 17.7 Å². The van der Waals surface area contributed by atoms with Crippen LogP contribution in [0.2, 0.25) is 0 Å². The summed E-state index contributed by atoms with van der Waals surface area (Å²) in [5.41, 5.74) is 3.61. The van der Waals surface area contributed by atoms with Crippen molar-refractivity contribution in [1.82, 2.24) is 20.4 Å². The second kappa shape index (κ2) is 11.8. The van der Waals surface area contributed by atoms with Crippen molar-refractivity contribution in [1.29, 1.82) is 0 Å². The highest BCUT2D eigenvalue weighted by atomic mass is 19.1. The fourth-order valence-corrected chi connectivity index (χ4v) is 5.97. The Hall–Kier alpha value is -4.08. The van der Waals surface area contributed by atoms with Gasteiger partial charge >= 0.3 is 0 Å². The molecular weight excluding hydrogens is 523 g/mol. The van der Waals surface area contributed by atoms with Gasteiger partial charge < -0.3 is 15.0 Å². The van der Waals surface area contributed by atoms with Crippen molar-refractivity contribution in [3.63, 3.8) is 0 Å². The maximum Gasteiger partial charge on any atom is 0.255 e. The minimum atomic E-state index is -0.651. The first-order chi connectivity index (χ1) is 19.9. The van der Waals surface area contributed by atoms with Gasteiger partial charge in [-0.05, 0) is 59.9 Å². The molecule has 3 aliphatic rings. The molecule has 3 amide bonds. The fourth-order valence-electron chi connectivity index (χ4n) is 5.97. The van der Waals surface area contributed by atoms with Crippen molar-refractivity contribution in [2.24, 2.45) is 0 Å². The standard InChI is InChI=1S/C32H33FN4O4/c33-24-8-6-22(7-9-24)18-36-15-14-27(34-17-21-4-2-1-3-5-21)29(20-36)41-25-10-11-26-23(16-25)19-37(32(26)40)28-12-13-30(38)35-31(28)39/h1-11,16,27-29,34H,12-15,17-20H2,(H,35,38,39)/t27-,28?,29-/m0/s1. The molecule has 6 rings (SSSR count). The number of halogens is 1. The lowest BCUT2D eigenvalue weighted by atomic mass is 10.00. The Labute approximate surface area is 238 Å². The van der Waals surface area contributed by atoms with E-state index in [1.54, 1.807) is 11.0 Å². The van der Waals surface area contributed by atoms with E-state index in [9.17, 15) is 18.8 Å². The molecule has 2 saturated heterocycles. The number of benzene rings is 3. The highest BCUT2D eigenvalue weighted by Crippen LogP contribution is 2.31. The highest BCUT2D eigenvalue weighted by Gasteiger charge is 2.39. The predicted octanol–water partition coefficient (Wildman–Crippen LogP) is 3.40. The van der Waals surface area contributed by atoms with E-state index in [1.807, 2.05) is 42.5 Å². The summed E-state index contributed by atoms with van der Waals surface area (Å²) in [6.07, 6.45) is 1.27. The first kappa shape index (κ1) is 27.1. The monoisotopic (exact) mass is 556 g/mol. The summed E-state index contributed by atoms with van der Waals surface area (Å²) in [5, 5.41) is 6.03. The quantitative estimate of drug-likeness (QED) is 0.414. The third kappa shape index (κ3) is 6.16. The third-order valence-corrected chi connectivity index (χ3v) is 8.16. The minimum Gasteiger partial charge on any atom is -0.487 e. The number of carbonyl (C=O) groups is 3. The lowest BCUT2D eigenvalue weighted by Gasteiger charge is -2.39. The number of carbonyl (C=O) groups excluding carboxylic acids is 3. The van der Waals surface area contributed by atoms with Gasteiger partial charge in [-0.25, -0.2) is 4.39 Å². The van der Waals surface area contributed by atoms with E-state index in [-0.39, 0.29) is 36.2 Å². The summed E-state index contributed by atoms with van der Waals surface area (Å²) < 4.78 is 20.0. The Morgan fingerprint density at radius 3 is 2.54 bits per heavy atom. The Kier molecular flexibility index (Phi) is 7.80. The molecule has 41 heavy (non-hydrogen) atoms. The summed E-state index contributed by atoms with van der Waals surface area (Å²) >= 11 is 0. The number of ether oxygens (including phenoxy) is 1. The van der Waals surface area contributed by atoms with Gasteiger partial charge in [0.05, 0.1) is 0 Å². The zero-order valence-corrected chi connectivity index (χ0v) is 22.7. The topological polar surface area (TPSA) is 91.0 Å².